The van der Waals surface area contributed by atoms with Gasteiger partial charge in [-0.05, 0) is 29.8 Å². The molecule has 2 heterocycles. The van der Waals surface area contributed by atoms with Crippen LogP contribution in [0.5, 0.6) is 0 Å². The lowest BCUT2D eigenvalue weighted by atomic mass is 10.1. The van der Waals surface area contributed by atoms with Crippen LogP contribution in [0.1, 0.15) is 5.56 Å². The van der Waals surface area contributed by atoms with Gasteiger partial charge in [0, 0.05) is 23.7 Å². The van der Waals surface area contributed by atoms with E-state index in [1.807, 2.05) is 5.41 Å². The Morgan fingerprint density at radius 1 is 1.08 bits per heavy atom. The van der Waals surface area contributed by atoms with Gasteiger partial charge in [-0.3, -0.25) is 9.71 Å². The zero-order chi connectivity index (χ0) is 18.3. The molecule has 0 aromatic heterocycles. The second kappa shape index (κ2) is 6.40. The SMILES string of the molecule is O=S(=O)(Nc1ccc(C2=CSC3=NCCN23)cc1)c1cc(F)cc(F)c1. The van der Waals surface area contributed by atoms with Gasteiger partial charge in [-0.25, -0.2) is 17.2 Å². The third kappa shape index (κ3) is 3.19. The van der Waals surface area contributed by atoms with Crippen LogP contribution in [-0.4, -0.2) is 31.6 Å². The lowest BCUT2D eigenvalue weighted by Crippen LogP contribution is -2.19. The summed E-state index contributed by atoms with van der Waals surface area (Å²) in [7, 11) is -4.08. The highest BCUT2D eigenvalue weighted by atomic mass is 32.2. The quantitative estimate of drug-likeness (QED) is 0.864. The Labute approximate surface area is 153 Å². The lowest BCUT2D eigenvalue weighted by molar-refractivity contribution is 0.568. The second-order valence-electron chi connectivity index (χ2n) is 5.72. The molecule has 2 aliphatic rings. The third-order valence-corrected chi connectivity index (χ3v) is 6.21. The molecule has 0 aliphatic carbocycles. The van der Waals surface area contributed by atoms with Crippen molar-refractivity contribution in [2.45, 2.75) is 4.90 Å². The molecule has 2 aromatic rings. The molecule has 134 valence electrons. The standard InChI is InChI=1S/C17H13F2N3O2S2/c18-12-7-13(19)9-15(8-12)26(23,24)21-14-3-1-11(2-4-14)16-10-25-17-20-5-6-22(16)17/h1-4,7-10,21H,5-6H2. The molecule has 0 spiro atoms. The summed E-state index contributed by atoms with van der Waals surface area (Å²) in [6, 6.07) is 8.97. The van der Waals surface area contributed by atoms with Gasteiger partial charge in [0.2, 0.25) is 0 Å². The first-order valence-corrected chi connectivity index (χ1v) is 10.1. The maximum absolute atomic E-state index is 13.3. The van der Waals surface area contributed by atoms with Gasteiger partial charge in [0.1, 0.15) is 11.6 Å². The Morgan fingerprint density at radius 2 is 1.77 bits per heavy atom. The molecule has 0 saturated carbocycles. The molecule has 0 atom stereocenters. The van der Waals surface area contributed by atoms with E-state index in [1.165, 1.54) is 0 Å². The van der Waals surface area contributed by atoms with Gasteiger partial charge < -0.3 is 4.90 Å². The van der Waals surface area contributed by atoms with Gasteiger partial charge in [-0.15, -0.1) is 0 Å². The molecular weight excluding hydrogens is 380 g/mol. The molecule has 1 N–H and O–H groups in total. The number of nitrogens with one attached hydrogen (secondary N) is 1. The smallest absolute Gasteiger partial charge is 0.262 e. The van der Waals surface area contributed by atoms with E-state index in [9.17, 15) is 17.2 Å². The topological polar surface area (TPSA) is 61.8 Å². The Kier molecular flexibility index (Phi) is 4.20. The summed E-state index contributed by atoms with van der Waals surface area (Å²) in [6.45, 7) is 1.59. The highest BCUT2D eigenvalue weighted by Crippen LogP contribution is 2.35. The van der Waals surface area contributed by atoms with E-state index in [-0.39, 0.29) is 0 Å². The van der Waals surface area contributed by atoms with Crippen LogP contribution in [0.3, 0.4) is 0 Å². The number of amidine groups is 1. The Balaban J connectivity index is 1.55. The summed E-state index contributed by atoms with van der Waals surface area (Å²) >= 11 is 1.56. The predicted octanol–water partition coefficient (Wildman–Crippen LogP) is 3.48. The van der Waals surface area contributed by atoms with Crippen molar-refractivity contribution in [2.75, 3.05) is 17.8 Å². The highest BCUT2D eigenvalue weighted by Gasteiger charge is 2.27. The van der Waals surface area contributed by atoms with E-state index in [1.54, 1.807) is 36.0 Å². The molecule has 0 unspecified atom stereocenters. The summed E-state index contributed by atoms with van der Waals surface area (Å²) in [4.78, 5) is 6.03. The van der Waals surface area contributed by atoms with Crippen LogP contribution in [0.25, 0.3) is 5.70 Å². The first kappa shape index (κ1) is 17.0. The summed E-state index contributed by atoms with van der Waals surface area (Å²) in [5, 5.41) is 2.98. The second-order valence-corrected chi connectivity index (χ2v) is 8.24. The first-order chi connectivity index (χ1) is 12.4. The van der Waals surface area contributed by atoms with Crippen LogP contribution in [0.2, 0.25) is 0 Å². The largest absolute Gasteiger partial charge is 0.318 e. The summed E-state index contributed by atoms with van der Waals surface area (Å²) in [6.07, 6.45) is 0. The van der Waals surface area contributed by atoms with Crippen molar-refractivity contribution in [3.63, 3.8) is 0 Å². The molecule has 0 amide bonds. The van der Waals surface area contributed by atoms with E-state index in [0.717, 1.165) is 41.7 Å². The zero-order valence-electron chi connectivity index (χ0n) is 13.3. The zero-order valence-corrected chi connectivity index (χ0v) is 14.9. The van der Waals surface area contributed by atoms with Gasteiger partial charge in [-0.2, -0.15) is 0 Å². The maximum atomic E-state index is 13.3. The minimum Gasteiger partial charge on any atom is -0.318 e. The Hall–Kier alpha value is -2.39. The van der Waals surface area contributed by atoms with Crippen LogP contribution in [0.15, 0.2) is 57.8 Å². The van der Waals surface area contributed by atoms with Crippen molar-refractivity contribution in [1.29, 1.82) is 0 Å². The molecule has 9 heteroatoms. The average Bonchev–Trinajstić information content (AvgIpc) is 3.18. The molecule has 0 saturated heterocycles. The minimum absolute atomic E-state index is 0.306. The summed E-state index contributed by atoms with van der Waals surface area (Å²) in [5.74, 6) is -1.90. The molecule has 2 aliphatic heterocycles. The lowest BCUT2D eigenvalue weighted by Gasteiger charge is -2.17. The number of hydrogen-bond acceptors (Lipinski definition) is 5. The maximum Gasteiger partial charge on any atom is 0.262 e. The molecule has 0 radical (unpaired) electrons. The average molecular weight is 393 g/mol. The predicted molar refractivity (Wildman–Crippen MR) is 98.2 cm³/mol. The van der Waals surface area contributed by atoms with Crippen molar-refractivity contribution in [1.82, 2.24) is 4.90 Å². The van der Waals surface area contributed by atoms with Crippen LogP contribution in [0.4, 0.5) is 14.5 Å². The monoisotopic (exact) mass is 393 g/mol. The summed E-state index contributed by atoms with van der Waals surface area (Å²) in [5.41, 5.74) is 2.26. The first-order valence-electron chi connectivity index (χ1n) is 7.70. The van der Waals surface area contributed by atoms with Crippen LogP contribution >= 0.6 is 11.8 Å². The van der Waals surface area contributed by atoms with Gasteiger partial charge in [0.25, 0.3) is 10.0 Å². The third-order valence-electron chi connectivity index (χ3n) is 3.95. The summed E-state index contributed by atoms with van der Waals surface area (Å²) < 4.78 is 53.5. The highest BCUT2D eigenvalue weighted by molar-refractivity contribution is 8.16. The molecule has 5 nitrogen and oxygen atoms in total. The van der Waals surface area contributed by atoms with E-state index >= 15 is 0 Å². The number of thioether (sulfide) groups is 1. The fourth-order valence-corrected chi connectivity index (χ4v) is 4.82. The fourth-order valence-electron chi connectivity index (χ4n) is 2.75. The van der Waals surface area contributed by atoms with Gasteiger partial charge in [-0.1, -0.05) is 23.9 Å². The number of benzene rings is 2. The van der Waals surface area contributed by atoms with E-state index < -0.39 is 26.6 Å². The number of sulfonamides is 1. The number of anilines is 1. The normalized spacial score (nSPS) is 16.3. The number of hydrogen-bond donors (Lipinski definition) is 1. The molecule has 2 aromatic carbocycles. The van der Waals surface area contributed by atoms with E-state index in [0.29, 0.717) is 11.8 Å². The van der Waals surface area contributed by atoms with Crippen molar-refractivity contribution < 1.29 is 17.2 Å². The Morgan fingerprint density at radius 3 is 2.46 bits per heavy atom. The van der Waals surface area contributed by atoms with Crippen LogP contribution < -0.4 is 4.72 Å². The molecular formula is C17H13F2N3O2S2. The minimum atomic E-state index is -4.08. The Bertz CT molecular complexity index is 1010. The van der Waals surface area contributed by atoms with Gasteiger partial charge in [0.05, 0.1) is 17.1 Å². The molecule has 0 fully saturated rings. The van der Waals surface area contributed by atoms with Gasteiger partial charge in [0.15, 0.2) is 5.17 Å². The van der Waals surface area contributed by atoms with Crippen LogP contribution in [0, 0.1) is 11.6 Å². The van der Waals surface area contributed by atoms with E-state index in [4.69, 9.17) is 0 Å². The van der Waals surface area contributed by atoms with Crippen molar-refractivity contribution in [2.24, 2.45) is 4.99 Å². The number of fused-ring (bicyclic) bond motifs is 1. The van der Waals surface area contributed by atoms with Crippen LogP contribution in [-0.2, 0) is 10.0 Å². The number of nitrogens with zero attached hydrogens (tertiary/aromatic N) is 2. The van der Waals surface area contributed by atoms with Crippen molar-refractivity contribution >= 4 is 38.3 Å². The number of aliphatic imine (C=N–C) groups is 1. The molecule has 26 heavy (non-hydrogen) atoms. The van der Waals surface area contributed by atoms with Crippen molar-refractivity contribution in [3.05, 3.63) is 65.1 Å². The number of rotatable bonds is 4. The molecule has 0 bridgehead atoms. The van der Waals surface area contributed by atoms with Crippen molar-refractivity contribution in [3.8, 4) is 0 Å². The van der Waals surface area contributed by atoms with E-state index in [2.05, 4.69) is 14.6 Å². The van der Waals surface area contributed by atoms with Gasteiger partial charge >= 0.3 is 0 Å². The fraction of sp³-hybridized carbons (Fsp3) is 0.118. The number of halogens is 2. The molecule has 4 rings (SSSR count).